The molecule has 0 aliphatic carbocycles. The van der Waals surface area contributed by atoms with Crippen LogP contribution in [0.4, 0.5) is 18.9 Å². The summed E-state index contributed by atoms with van der Waals surface area (Å²) in [4.78, 5) is 29.8. The molecular formula is C28H26F3N3O3. The molecule has 0 spiro atoms. The first-order chi connectivity index (χ1) is 17.6. The van der Waals surface area contributed by atoms with Crippen molar-refractivity contribution in [2.24, 2.45) is 0 Å². The van der Waals surface area contributed by atoms with E-state index in [1.54, 1.807) is 24.3 Å². The molecule has 37 heavy (non-hydrogen) atoms. The topological polar surface area (TPSA) is 58.7 Å². The van der Waals surface area contributed by atoms with E-state index in [0.717, 1.165) is 17.2 Å². The molecule has 0 unspecified atom stereocenters. The average molecular weight is 510 g/mol. The van der Waals surface area contributed by atoms with Crippen LogP contribution in [0.15, 0.2) is 69.9 Å². The van der Waals surface area contributed by atoms with Gasteiger partial charge in [0.2, 0.25) is 0 Å². The van der Waals surface area contributed by atoms with Crippen molar-refractivity contribution in [3.8, 4) is 0 Å². The molecule has 6 nitrogen and oxygen atoms in total. The maximum Gasteiger partial charge on any atom is 0.421 e. The van der Waals surface area contributed by atoms with Gasteiger partial charge in [0, 0.05) is 43.0 Å². The first-order valence-corrected chi connectivity index (χ1v) is 12.0. The van der Waals surface area contributed by atoms with Gasteiger partial charge in [-0.15, -0.1) is 0 Å². The van der Waals surface area contributed by atoms with Crippen molar-refractivity contribution in [1.82, 2.24) is 9.47 Å². The first kappa shape index (κ1) is 24.8. The van der Waals surface area contributed by atoms with Gasteiger partial charge in [-0.3, -0.25) is 14.3 Å². The van der Waals surface area contributed by atoms with Crippen LogP contribution >= 0.6 is 0 Å². The number of fused-ring (bicyclic) bond motifs is 1. The summed E-state index contributed by atoms with van der Waals surface area (Å²) in [7, 11) is 0. The third-order valence-electron chi connectivity index (χ3n) is 6.79. The number of nitrogens with zero attached hydrogens (tertiary/aromatic N) is 3. The van der Waals surface area contributed by atoms with Gasteiger partial charge in [0.25, 0.3) is 0 Å². The number of hydrogen-bond donors (Lipinski definition) is 0. The number of oxazole rings is 1. The van der Waals surface area contributed by atoms with Crippen LogP contribution in [0.1, 0.15) is 32.6 Å². The van der Waals surface area contributed by atoms with Crippen molar-refractivity contribution in [3.05, 3.63) is 99.0 Å². The van der Waals surface area contributed by atoms with E-state index in [-0.39, 0.29) is 12.5 Å². The minimum Gasteiger partial charge on any atom is -0.408 e. The van der Waals surface area contributed by atoms with Crippen LogP contribution in [0, 0.1) is 13.8 Å². The van der Waals surface area contributed by atoms with Crippen LogP contribution in [-0.2, 0) is 12.8 Å². The maximum absolute atomic E-state index is 13.1. The van der Waals surface area contributed by atoms with E-state index in [2.05, 4.69) is 4.90 Å². The molecule has 0 amide bonds. The number of hydrogen-bond acceptors (Lipinski definition) is 5. The number of rotatable bonds is 5. The van der Waals surface area contributed by atoms with Gasteiger partial charge in [-0.05, 0) is 55.8 Å². The summed E-state index contributed by atoms with van der Waals surface area (Å²) in [5.74, 6) is -0.654. The highest BCUT2D eigenvalue weighted by molar-refractivity contribution is 6.11. The summed E-state index contributed by atoms with van der Waals surface area (Å²) in [6, 6.07) is 16.1. The van der Waals surface area contributed by atoms with Gasteiger partial charge in [0.1, 0.15) is 0 Å². The van der Waals surface area contributed by atoms with Crippen molar-refractivity contribution < 1.29 is 22.4 Å². The van der Waals surface area contributed by atoms with Crippen LogP contribution in [0.25, 0.3) is 11.1 Å². The summed E-state index contributed by atoms with van der Waals surface area (Å²) >= 11 is 0. The van der Waals surface area contributed by atoms with E-state index in [1.165, 1.54) is 16.7 Å². The highest BCUT2D eigenvalue weighted by Crippen LogP contribution is 2.32. The second-order valence-corrected chi connectivity index (χ2v) is 9.42. The van der Waals surface area contributed by atoms with E-state index >= 15 is 0 Å². The summed E-state index contributed by atoms with van der Waals surface area (Å²) in [6.45, 7) is 6.23. The molecule has 9 heteroatoms. The van der Waals surface area contributed by atoms with E-state index in [9.17, 15) is 22.8 Å². The minimum atomic E-state index is -4.38. The molecule has 0 radical (unpaired) electrons. The van der Waals surface area contributed by atoms with E-state index in [0.29, 0.717) is 54.1 Å². The Labute approximate surface area is 211 Å². The Hall–Kier alpha value is -3.85. The molecule has 1 aromatic heterocycles. The predicted molar refractivity (Wildman–Crippen MR) is 135 cm³/mol. The molecule has 2 heterocycles. The summed E-state index contributed by atoms with van der Waals surface area (Å²) in [5, 5.41) is 0. The molecule has 1 saturated heterocycles. The molecule has 1 fully saturated rings. The number of alkyl halides is 3. The van der Waals surface area contributed by atoms with Crippen LogP contribution < -0.4 is 10.7 Å². The van der Waals surface area contributed by atoms with E-state index < -0.39 is 17.5 Å². The zero-order chi connectivity index (χ0) is 26.3. The lowest BCUT2D eigenvalue weighted by Gasteiger charge is -2.36. The van der Waals surface area contributed by atoms with Gasteiger partial charge >= 0.3 is 11.9 Å². The van der Waals surface area contributed by atoms with Gasteiger partial charge in [-0.25, -0.2) is 4.79 Å². The molecule has 1 aliphatic heterocycles. The molecule has 1 aliphatic rings. The Morgan fingerprint density at radius 3 is 2.38 bits per heavy atom. The number of halogens is 3. The fourth-order valence-electron chi connectivity index (χ4n) is 4.76. The summed E-state index contributed by atoms with van der Waals surface area (Å²) < 4.78 is 46.3. The maximum atomic E-state index is 13.1. The lowest BCUT2D eigenvalue weighted by molar-refractivity contribution is -0.137. The number of ketones is 1. The zero-order valence-corrected chi connectivity index (χ0v) is 20.5. The Morgan fingerprint density at radius 2 is 1.68 bits per heavy atom. The zero-order valence-electron chi connectivity index (χ0n) is 20.5. The first-order valence-electron chi connectivity index (χ1n) is 12.0. The number of piperazine rings is 1. The average Bonchev–Trinajstić information content (AvgIpc) is 3.17. The van der Waals surface area contributed by atoms with Crippen molar-refractivity contribution in [3.63, 3.8) is 0 Å². The van der Waals surface area contributed by atoms with E-state index in [1.807, 2.05) is 36.9 Å². The van der Waals surface area contributed by atoms with E-state index in [4.69, 9.17) is 4.42 Å². The van der Waals surface area contributed by atoms with Crippen LogP contribution in [-0.4, -0.2) is 41.4 Å². The normalized spacial score (nSPS) is 14.9. The van der Waals surface area contributed by atoms with Gasteiger partial charge < -0.3 is 9.32 Å². The van der Waals surface area contributed by atoms with Crippen molar-refractivity contribution >= 4 is 22.6 Å². The van der Waals surface area contributed by atoms with Crippen molar-refractivity contribution in [1.29, 1.82) is 0 Å². The van der Waals surface area contributed by atoms with Gasteiger partial charge in [-0.1, -0.05) is 29.8 Å². The third kappa shape index (κ3) is 5.04. The quantitative estimate of drug-likeness (QED) is 0.345. The molecule has 5 rings (SSSR count). The highest BCUT2D eigenvalue weighted by Gasteiger charge is 2.31. The number of carbonyl (C=O) groups is 1. The highest BCUT2D eigenvalue weighted by atomic mass is 19.4. The lowest BCUT2D eigenvalue weighted by atomic mass is 9.97. The van der Waals surface area contributed by atoms with Gasteiger partial charge in [-0.2, -0.15) is 13.2 Å². The molecule has 4 aromatic rings. The summed E-state index contributed by atoms with van der Waals surface area (Å²) in [6.07, 6.45) is -4.38. The Bertz CT molecular complexity index is 1530. The standard InChI is InChI=1S/C28H26F3N3O3/c1-18-5-3-6-20(13-18)26(35)23-16-25-24(14-19(23)2)34(27(36)37-25)17-32-9-11-33(12-10-32)22-8-4-7-21(15-22)28(29,30)31/h3-8,13-16H,9-12,17H2,1-2H3. The Morgan fingerprint density at radius 1 is 0.946 bits per heavy atom. The second-order valence-electron chi connectivity index (χ2n) is 9.42. The molecular weight excluding hydrogens is 483 g/mol. The number of anilines is 1. The third-order valence-corrected chi connectivity index (χ3v) is 6.79. The van der Waals surface area contributed by atoms with Crippen molar-refractivity contribution in [2.75, 3.05) is 31.1 Å². The molecule has 0 N–H and O–H groups in total. The fourth-order valence-corrected chi connectivity index (χ4v) is 4.76. The molecule has 192 valence electrons. The monoisotopic (exact) mass is 509 g/mol. The van der Waals surface area contributed by atoms with Crippen LogP contribution in [0.3, 0.4) is 0 Å². The molecule has 0 saturated carbocycles. The van der Waals surface area contributed by atoms with Crippen LogP contribution in [0.5, 0.6) is 0 Å². The van der Waals surface area contributed by atoms with Gasteiger partial charge in [0.15, 0.2) is 11.4 Å². The fraction of sp³-hybridized carbons (Fsp3) is 0.286. The Balaban J connectivity index is 1.33. The smallest absolute Gasteiger partial charge is 0.408 e. The number of aromatic nitrogens is 1. The molecule has 3 aromatic carbocycles. The number of benzene rings is 3. The minimum absolute atomic E-state index is 0.135. The number of carbonyl (C=O) groups excluding carboxylic acids is 1. The van der Waals surface area contributed by atoms with Gasteiger partial charge in [0.05, 0.1) is 17.7 Å². The van der Waals surface area contributed by atoms with Crippen LogP contribution in [0.2, 0.25) is 0 Å². The number of aryl methyl sites for hydroxylation is 2. The second kappa shape index (κ2) is 9.55. The lowest BCUT2D eigenvalue weighted by Crippen LogP contribution is -2.47. The molecule has 0 atom stereocenters. The summed E-state index contributed by atoms with van der Waals surface area (Å²) in [5.41, 5.74) is 3.58. The largest absolute Gasteiger partial charge is 0.421 e. The molecule has 0 bridgehead atoms. The predicted octanol–water partition coefficient (Wildman–Crippen LogP) is 5.24. The van der Waals surface area contributed by atoms with Crippen molar-refractivity contribution in [2.45, 2.75) is 26.7 Å². The SMILES string of the molecule is Cc1cccc(C(=O)c2cc3oc(=O)n(CN4CCN(c5cccc(C(F)(F)F)c5)CC4)c3cc2C)c1. The Kier molecular flexibility index (Phi) is 6.41.